The second-order valence-electron chi connectivity index (χ2n) is 6.72. The zero-order chi connectivity index (χ0) is 18.4. The summed E-state index contributed by atoms with van der Waals surface area (Å²) in [6, 6.07) is 14.7. The number of carbonyl (C=O) groups is 2. The molecule has 0 aliphatic carbocycles. The molecule has 0 aromatic heterocycles. The highest BCUT2D eigenvalue weighted by Gasteiger charge is 2.17. The summed E-state index contributed by atoms with van der Waals surface area (Å²) >= 11 is 3.35. The largest absolute Gasteiger partial charge is 0.460 e. The first kappa shape index (κ1) is 19.2. The van der Waals surface area contributed by atoms with Crippen molar-refractivity contribution in [3.8, 4) is 0 Å². The van der Waals surface area contributed by atoms with E-state index in [2.05, 4.69) is 21.2 Å². The van der Waals surface area contributed by atoms with Gasteiger partial charge in [-0.25, -0.2) is 0 Å². The quantitative estimate of drug-likeness (QED) is 0.758. The number of esters is 1. The van der Waals surface area contributed by atoms with Gasteiger partial charge in [0.2, 0.25) is 0 Å². The lowest BCUT2D eigenvalue weighted by Gasteiger charge is -2.20. The number of rotatable bonds is 5. The van der Waals surface area contributed by atoms with E-state index in [-0.39, 0.29) is 18.3 Å². The molecule has 0 bridgehead atoms. The molecule has 0 atom stereocenters. The van der Waals surface area contributed by atoms with Crippen LogP contribution in [-0.2, 0) is 22.5 Å². The van der Waals surface area contributed by atoms with E-state index >= 15 is 0 Å². The van der Waals surface area contributed by atoms with Gasteiger partial charge in [-0.3, -0.25) is 9.59 Å². The molecule has 0 spiro atoms. The maximum absolute atomic E-state index is 12.2. The number of carbonyl (C=O) groups excluding carboxylic acids is 2. The Labute approximate surface area is 156 Å². The lowest BCUT2D eigenvalue weighted by molar-refractivity contribution is -0.153. The minimum Gasteiger partial charge on any atom is -0.460 e. The Balaban J connectivity index is 2.01. The van der Waals surface area contributed by atoms with Gasteiger partial charge in [-0.05, 0) is 56.2 Å². The van der Waals surface area contributed by atoms with Crippen LogP contribution in [0.1, 0.15) is 42.3 Å². The first-order valence-corrected chi connectivity index (χ1v) is 8.86. The molecule has 0 saturated carbocycles. The minimum absolute atomic E-state index is 0.153. The van der Waals surface area contributed by atoms with Crippen molar-refractivity contribution in [2.45, 2.75) is 39.3 Å². The smallest absolute Gasteiger partial charge is 0.310 e. The molecule has 4 nitrogen and oxygen atoms in total. The van der Waals surface area contributed by atoms with Gasteiger partial charge in [0.05, 0.1) is 6.42 Å². The van der Waals surface area contributed by atoms with E-state index in [1.54, 1.807) is 12.1 Å². The fraction of sp³-hybridized carbons (Fsp3) is 0.300. The topological polar surface area (TPSA) is 55.4 Å². The average molecular weight is 404 g/mol. The van der Waals surface area contributed by atoms with E-state index in [9.17, 15) is 9.59 Å². The van der Waals surface area contributed by atoms with Crippen LogP contribution in [-0.4, -0.2) is 17.5 Å². The fourth-order valence-corrected chi connectivity index (χ4v) is 2.58. The second kappa shape index (κ2) is 8.30. The molecular weight excluding hydrogens is 382 g/mol. The van der Waals surface area contributed by atoms with Gasteiger partial charge in [-0.1, -0.05) is 40.2 Å². The van der Waals surface area contributed by atoms with Gasteiger partial charge in [0.15, 0.2) is 0 Å². The summed E-state index contributed by atoms with van der Waals surface area (Å²) in [5.74, 6) is -0.432. The zero-order valence-electron chi connectivity index (χ0n) is 14.6. The molecule has 1 amide bonds. The van der Waals surface area contributed by atoms with Gasteiger partial charge in [-0.15, -0.1) is 0 Å². The Bertz CT molecular complexity index is 748. The molecular formula is C20H22BrNO3. The number of hydrogen-bond acceptors (Lipinski definition) is 3. The predicted molar refractivity (Wildman–Crippen MR) is 101 cm³/mol. The van der Waals surface area contributed by atoms with Crippen molar-refractivity contribution in [3.63, 3.8) is 0 Å². The standard InChI is InChI=1S/C20H22BrNO3/c1-20(2,3)25-18(23)12-15-6-4-5-7-16(15)13-22-19(24)14-8-10-17(21)11-9-14/h4-11H,12-13H2,1-3H3,(H,22,24). The summed E-state index contributed by atoms with van der Waals surface area (Å²) in [4.78, 5) is 24.3. The van der Waals surface area contributed by atoms with E-state index in [4.69, 9.17) is 4.74 Å². The Hall–Kier alpha value is -2.14. The molecule has 0 saturated heterocycles. The molecule has 0 heterocycles. The van der Waals surface area contributed by atoms with Crippen molar-refractivity contribution in [1.82, 2.24) is 5.32 Å². The van der Waals surface area contributed by atoms with Crippen LogP contribution in [0.5, 0.6) is 0 Å². The van der Waals surface area contributed by atoms with E-state index in [0.717, 1.165) is 15.6 Å². The third-order valence-electron chi connectivity index (χ3n) is 3.42. The maximum atomic E-state index is 12.2. The maximum Gasteiger partial charge on any atom is 0.310 e. The normalized spacial score (nSPS) is 11.0. The van der Waals surface area contributed by atoms with Gasteiger partial charge in [-0.2, -0.15) is 0 Å². The first-order chi connectivity index (χ1) is 11.7. The Morgan fingerprint density at radius 2 is 1.60 bits per heavy atom. The molecule has 0 aliphatic rings. The SMILES string of the molecule is CC(C)(C)OC(=O)Cc1ccccc1CNC(=O)c1ccc(Br)cc1. The van der Waals surface area contributed by atoms with E-state index < -0.39 is 5.60 Å². The second-order valence-corrected chi connectivity index (χ2v) is 7.64. The molecule has 1 N–H and O–H groups in total. The van der Waals surface area contributed by atoms with E-state index in [1.807, 2.05) is 57.2 Å². The average Bonchev–Trinajstić information content (AvgIpc) is 2.52. The van der Waals surface area contributed by atoms with Gasteiger partial charge in [0.1, 0.15) is 5.60 Å². The number of benzene rings is 2. The Morgan fingerprint density at radius 1 is 1.00 bits per heavy atom. The number of ether oxygens (including phenoxy) is 1. The van der Waals surface area contributed by atoms with Crippen LogP contribution in [0.15, 0.2) is 53.0 Å². The van der Waals surface area contributed by atoms with Crippen molar-refractivity contribution in [1.29, 1.82) is 0 Å². The van der Waals surface area contributed by atoms with Crippen LogP contribution < -0.4 is 5.32 Å². The lowest BCUT2D eigenvalue weighted by Crippen LogP contribution is -2.26. The van der Waals surface area contributed by atoms with Crippen LogP contribution in [0.4, 0.5) is 0 Å². The first-order valence-electron chi connectivity index (χ1n) is 8.07. The number of nitrogens with one attached hydrogen (secondary N) is 1. The molecule has 2 aromatic rings. The highest BCUT2D eigenvalue weighted by atomic mass is 79.9. The molecule has 25 heavy (non-hydrogen) atoms. The Morgan fingerprint density at radius 3 is 2.20 bits per heavy atom. The van der Waals surface area contributed by atoms with Crippen LogP contribution in [0.2, 0.25) is 0 Å². The molecule has 0 aliphatic heterocycles. The third kappa shape index (κ3) is 6.35. The summed E-state index contributed by atoms with van der Waals surface area (Å²) < 4.78 is 6.29. The van der Waals surface area contributed by atoms with Crippen LogP contribution >= 0.6 is 15.9 Å². The van der Waals surface area contributed by atoms with Gasteiger partial charge in [0.25, 0.3) is 5.91 Å². The molecule has 0 fully saturated rings. The number of hydrogen-bond donors (Lipinski definition) is 1. The minimum atomic E-state index is -0.512. The third-order valence-corrected chi connectivity index (χ3v) is 3.95. The number of amides is 1. The van der Waals surface area contributed by atoms with E-state index in [1.165, 1.54) is 0 Å². The van der Waals surface area contributed by atoms with Crippen LogP contribution in [0, 0.1) is 0 Å². The highest BCUT2D eigenvalue weighted by molar-refractivity contribution is 9.10. The highest BCUT2D eigenvalue weighted by Crippen LogP contribution is 2.14. The fourth-order valence-electron chi connectivity index (χ4n) is 2.31. The summed E-state index contributed by atoms with van der Waals surface area (Å²) in [7, 11) is 0. The molecule has 132 valence electrons. The Kier molecular flexibility index (Phi) is 6.37. The zero-order valence-corrected chi connectivity index (χ0v) is 16.2. The summed E-state index contributed by atoms with van der Waals surface area (Å²) in [6.07, 6.45) is 0.182. The summed E-state index contributed by atoms with van der Waals surface area (Å²) in [6.45, 7) is 5.88. The van der Waals surface area contributed by atoms with Crippen molar-refractivity contribution in [3.05, 3.63) is 69.7 Å². The van der Waals surface area contributed by atoms with Crippen molar-refractivity contribution < 1.29 is 14.3 Å². The van der Waals surface area contributed by atoms with Gasteiger partial charge in [0, 0.05) is 16.6 Å². The van der Waals surface area contributed by atoms with Crippen LogP contribution in [0.25, 0.3) is 0 Å². The van der Waals surface area contributed by atoms with Crippen molar-refractivity contribution in [2.24, 2.45) is 0 Å². The van der Waals surface area contributed by atoms with Crippen LogP contribution in [0.3, 0.4) is 0 Å². The van der Waals surface area contributed by atoms with Crippen molar-refractivity contribution >= 4 is 27.8 Å². The van der Waals surface area contributed by atoms with E-state index in [0.29, 0.717) is 12.1 Å². The number of halogens is 1. The van der Waals surface area contributed by atoms with Crippen molar-refractivity contribution in [2.75, 3.05) is 0 Å². The molecule has 5 heteroatoms. The van der Waals surface area contributed by atoms with Gasteiger partial charge >= 0.3 is 5.97 Å². The van der Waals surface area contributed by atoms with Gasteiger partial charge < -0.3 is 10.1 Å². The molecule has 0 radical (unpaired) electrons. The summed E-state index contributed by atoms with van der Waals surface area (Å²) in [5, 5.41) is 2.89. The summed E-state index contributed by atoms with van der Waals surface area (Å²) in [5.41, 5.74) is 1.83. The molecule has 2 rings (SSSR count). The molecule has 2 aromatic carbocycles. The predicted octanol–water partition coefficient (Wildman–Crippen LogP) is 4.26. The monoisotopic (exact) mass is 403 g/mol. The molecule has 0 unspecified atom stereocenters. The lowest BCUT2D eigenvalue weighted by atomic mass is 10.0.